The highest BCUT2D eigenvalue weighted by Gasteiger charge is 2.56. The van der Waals surface area contributed by atoms with Crippen LogP contribution in [0.5, 0.6) is 11.6 Å². The summed E-state index contributed by atoms with van der Waals surface area (Å²) in [4.78, 5) is 28.4. The molecule has 1 saturated carbocycles. The van der Waals surface area contributed by atoms with Crippen molar-refractivity contribution in [3.05, 3.63) is 47.5 Å². The predicted molar refractivity (Wildman–Crippen MR) is 126 cm³/mol. The quantitative estimate of drug-likeness (QED) is 0.594. The molecule has 1 amide bonds. The van der Waals surface area contributed by atoms with Crippen molar-refractivity contribution in [2.45, 2.75) is 38.6 Å². The van der Waals surface area contributed by atoms with Gasteiger partial charge in [0.15, 0.2) is 0 Å². The van der Waals surface area contributed by atoms with E-state index in [-0.39, 0.29) is 23.2 Å². The van der Waals surface area contributed by atoms with Crippen LogP contribution >= 0.6 is 0 Å². The maximum atomic E-state index is 14.4. The SMILES string of the molecule is COc1ccc2nc(N[C@@H]3CN(C(=O)C(C)c4cc(OC)ncc4F)CC34CC4)nc(C)c2c1. The number of rotatable bonds is 6. The summed E-state index contributed by atoms with van der Waals surface area (Å²) >= 11 is 0. The van der Waals surface area contributed by atoms with Gasteiger partial charge in [0, 0.05) is 35.5 Å². The Labute approximate surface area is 197 Å². The topological polar surface area (TPSA) is 89.5 Å². The Morgan fingerprint density at radius 2 is 2.03 bits per heavy atom. The van der Waals surface area contributed by atoms with Crippen molar-refractivity contribution >= 4 is 22.8 Å². The monoisotopic (exact) mass is 465 g/mol. The fourth-order valence-corrected chi connectivity index (χ4v) is 4.90. The Morgan fingerprint density at radius 3 is 2.74 bits per heavy atom. The van der Waals surface area contributed by atoms with Crippen molar-refractivity contribution in [2.75, 3.05) is 32.6 Å². The minimum absolute atomic E-state index is 0.00991. The van der Waals surface area contributed by atoms with Crippen LogP contribution in [0.2, 0.25) is 0 Å². The molecule has 0 bridgehead atoms. The second kappa shape index (κ2) is 8.38. The highest BCUT2D eigenvalue weighted by molar-refractivity contribution is 5.84. The van der Waals surface area contributed by atoms with E-state index in [4.69, 9.17) is 14.5 Å². The zero-order valence-corrected chi connectivity index (χ0v) is 19.8. The van der Waals surface area contributed by atoms with Crippen LogP contribution in [-0.4, -0.2) is 59.1 Å². The van der Waals surface area contributed by atoms with Crippen LogP contribution in [0.4, 0.5) is 10.3 Å². The number of fused-ring (bicyclic) bond motifs is 1. The first kappa shape index (κ1) is 22.3. The van der Waals surface area contributed by atoms with E-state index in [0.717, 1.165) is 41.4 Å². The number of carbonyl (C=O) groups excluding carboxylic acids is 1. The molecule has 3 heterocycles. The number of anilines is 1. The van der Waals surface area contributed by atoms with Gasteiger partial charge in [-0.15, -0.1) is 0 Å². The molecule has 178 valence electrons. The molecular formula is C25H28FN5O3. The van der Waals surface area contributed by atoms with Crippen molar-refractivity contribution in [1.29, 1.82) is 0 Å². The fraction of sp³-hybridized carbons (Fsp3) is 0.440. The highest BCUT2D eigenvalue weighted by atomic mass is 19.1. The number of aromatic nitrogens is 3. The van der Waals surface area contributed by atoms with Crippen molar-refractivity contribution in [2.24, 2.45) is 5.41 Å². The number of pyridine rings is 1. The molecule has 0 radical (unpaired) electrons. The second-order valence-corrected chi connectivity index (χ2v) is 9.26. The zero-order chi connectivity index (χ0) is 24.0. The summed E-state index contributed by atoms with van der Waals surface area (Å²) in [6, 6.07) is 7.27. The van der Waals surface area contributed by atoms with Crippen LogP contribution in [0.15, 0.2) is 30.5 Å². The summed E-state index contributed by atoms with van der Waals surface area (Å²) in [6.07, 6.45) is 3.16. The Balaban J connectivity index is 1.35. The van der Waals surface area contributed by atoms with E-state index in [0.29, 0.717) is 24.6 Å². The van der Waals surface area contributed by atoms with Crippen LogP contribution in [-0.2, 0) is 4.79 Å². The first-order chi connectivity index (χ1) is 16.3. The van der Waals surface area contributed by atoms with Crippen LogP contribution in [0.1, 0.15) is 36.9 Å². The number of aryl methyl sites for hydroxylation is 1. The molecule has 2 atom stereocenters. The minimum Gasteiger partial charge on any atom is -0.497 e. The molecule has 2 fully saturated rings. The van der Waals surface area contributed by atoms with E-state index < -0.39 is 11.7 Å². The Hall–Kier alpha value is -3.49. The van der Waals surface area contributed by atoms with Gasteiger partial charge < -0.3 is 19.7 Å². The Bertz CT molecular complexity index is 1260. The van der Waals surface area contributed by atoms with E-state index in [1.807, 2.05) is 30.0 Å². The Morgan fingerprint density at radius 1 is 1.24 bits per heavy atom. The van der Waals surface area contributed by atoms with E-state index in [1.165, 1.54) is 13.2 Å². The van der Waals surface area contributed by atoms with E-state index >= 15 is 0 Å². The summed E-state index contributed by atoms with van der Waals surface area (Å²) in [5.74, 6) is 0.356. The zero-order valence-electron chi connectivity index (χ0n) is 19.8. The van der Waals surface area contributed by atoms with Gasteiger partial charge in [0.1, 0.15) is 11.6 Å². The predicted octanol–water partition coefficient (Wildman–Crippen LogP) is 3.70. The number of hydrogen-bond acceptors (Lipinski definition) is 7. The molecular weight excluding hydrogens is 437 g/mol. The largest absolute Gasteiger partial charge is 0.497 e. The number of ether oxygens (including phenoxy) is 2. The number of hydrogen-bond donors (Lipinski definition) is 1. The lowest BCUT2D eigenvalue weighted by Gasteiger charge is -2.22. The van der Waals surface area contributed by atoms with Gasteiger partial charge in [-0.05, 0) is 44.9 Å². The number of nitrogens with zero attached hydrogens (tertiary/aromatic N) is 4. The van der Waals surface area contributed by atoms with Gasteiger partial charge >= 0.3 is 0 Å². The van der Waals surface area contributed by atoms with Crippen molar-refractivity contribution < 1.29 is 18.7 Å². The van der Waals surface area contributed by atoms with Crippen LogP contribution in [0.25, 0.3) is 10.9 Å². The number of benzene rings is 1. The number of methoxy groups -OCH3 is 2. The molecule has 1 N–H and O–H groups in total. The van der Waals surface area contributed by atoms with Crippen molar-refractivity contribution in [3.8, 4) is 11.6 Å². The van der Waals surface area contributed by atoms with E-state index in [2.05, 4.69) is 15.3 Å². The smallest absolute Gasteiger partial charge is 0.230 e. The number of nitrogens with one attached hydrogen (secondary N) is 1. The van der Waals surface area contributed by atoms with Gasteiger partial charge in [-0.1, -0.05) is 0 Å². The average Bonchev–Trinajstić information content (AvgIpc) is 3.54. The molecule has 1 spiro atoms. The van der Waals surface area contributed by atoms with Gasteiger partial charge in [-0.3, -0.25) is 4.79 Å². The number of amides is 1. The molecule has 34 heavy (non-hydrogen) atoms. The van der Waals surface area contributed by atoms with Gasteiger partial charge in [-0.2, -0.15) is 0 Å². The molecule has 1 aliphatic heterocycles. The third-order valence-corrected chi connectivity index (χ3v) is 7.15. The summed E-state index contributed by atoms with van der Waals surface area (Å²) in [5.41, 5.74) is 2.00. The first-order valence-electron chi connectivity index (χ1n) is 11.4. The maximum Gasteiger partial charge on any atom is 0.230 e. The van der Waals surface area contributed by atoms with E-state index in [1.54, 1.807) is 14.0 Å². The first-order valence-corrected chi connectivity index (χ1v) is 11.4. The lowest BCUT2D eigenvalue weighted by molar-refractivity contribution is -0.131. The molecule has 3 aromatic rings. The number of carbonyl (C=O) groups is 1. The van der Waals surface area contributed by atoms with Crippen LogP contribution < -0.4 is 14.8 Å². The third kappa shape index (κ3) is 3.89. The molecule has 5 rings (SSSR count). The lowest BCUT2D eigenvalue weighted by Crippen LogP contribution is -2.35. The summed E-state index contributed by atoms with van der Waals surface area (Å²) < 4.78 is 24.8. The number of likely N-dealkylation sites (tertiary alicyclic amines) is 1. The summed E-state index contributed by atoms with van der Waals surface area (Å²) in [5, 5.41) is 4.44. The Kier molecular flexibility index (Phi) is 5.50. The average molecular weight is 466 g/mol. The molecule has 1 aromatic carbocycles. The third-order valence-electron chi connectivity index (χ3n) is 7.15. The maximum absolute atomic E-state index is 14.4. The van der Waals surface area contributed by atoms with Crippen LogP contribution in [0.3, 0.4) is 0 Å². The molecule has 1 unspecified atom stereocenters. The molecule has 1 saturated heterocycles. The van der Waals surface area contributed by atoms with Gasteiger partial charge in [-0.25, -0.2) is 19.3 Å². The van der Waals surface area contributed by atoms with Gasteiger partial charge in [0.25, 0.3) is 0 Å². The van der Waals surface area contributed by atoms with Crippen molar-refractivity contribution in [3.63, 3.8) is 0 Å². The molecule has 2 aromatic heterocycles. The summed E-state index contributed by atoms with van der Waals surface area (Å²) in [6.45, 7) is 4.84. The minimum atomic E-state index is -0.638. The fourth-order valence-electron chi connectivity index (χ4n) is 4.90. The molecule has 8 nitrogen and oxygen atoms in total. The standard InChI is InChI=1S/C25H28FN5O3/c1-14(17-10-22(34-4)27-11-19(17)26)23(32)31-12-21(25(13-31)7-8-25)30-24-28-15(2)18-9-16(33-3)5-6-20(18)29-24/h5-6,9-11,14,21H,7-8,12-13H2,1-4H3,(H,28,29,30)/t14?,21-/m1/s1. The van der Waals surface area contributed by atoms with Crippen LogP contribution in [0, 0.1) is 18.2 Å². The van der Waals surface area contributed by atoms with Gasteiger partial charge in [0.05, 0.1) is 43.6 Å². The highest BCUT2D eigenvalue weighted by Crippen LogP contribution is 2.54. The molecule has 2 aliphatic rings. The molecule has 9 heteroatoms. The number of halogens is 1. The van der Waals surface area contributed by atoms with Gasteiger partial charge in [0.2, 0.25) is 17.7 Å². The normalized spacial score (nSPS) is 19.3. The van der Waals surface area contributed by atoms with Crippen molar-refractivity contribution in [1.82, 2.24) is 19.9 Å². The molecule has 1 aliphatic carbocycles. The van der Waals surface area contributed by atoms with E-state index in [9.17, 15) is 9.18 Å². The summed E-state index contributed by atoms with van der Waals surface area (Å²) in [7, 11) is 3.10. The second-order valence-electron chi connectivity index (χ2n) is 9.26. The lowest BCUT2D eigenvalue weighted by atomic mass is 10.00.